The van der Waals surface area contributed by atoms with Crippen molar-refractivity contribution in [2.75, 3.05) is 13.6 Å². The van der Waals surface area contributed by atoms with Crippen molar-refractivity contribution in [3.8, 4) is 0 Å². The van der Waals surface area contributed by atoms with E-state index in [-0.39, 0.29) is 24.3 Å². The van der Waals surface area contributed by atoms with Crippen LogP contribution in [-0.4, -0.2) is 36.5 Å². The van der Waals surface area contributed by atoms with Gasteiger partial charge in [-0.2, -0.15) is 0 Å². The molecule has 19 heavy (non-hydrogen) atoms. The summed E-state index contributed by atoms with van der Waals surface area (Å²) in [5.74, 6) is -1.93. The maximum absolute atomic E-state index is 12.0. The predicted molar refractivity (Wildman–Crippen MR) is 69.3 cm³/mol. The Kier molecular flexibility index (Phi) is 4.91. The van der Waals surface area contributed by atoms with Crippen LogP contribution in [0.4, 0.5) is 0 Å². The lowest BCUT2D eigenvalue weighted by Gasteiger charge is -2.18. The van der Waals surface area contributed by atoms with Gasteiger partial charge < -0.3 is 15.7 Å². The summed E-state index contributed by atoms with van der Waals surface area (Å²) in [4.78, 5) is 34.7. The SMILES string of the molecule is CNC(=O)C1(C(=O)NCC(CC(C)C)C(=O)O)CC1. The fraction of sp³-hybridized carbons (Fsp3) is 0.769. The third-order valence-corrected chi connectivity index (χ3v) is 3.46. The molecule has 1 aliphatic carbocycles. The van der Waals surface area contributed by atoms with E-state index in [0.717, 1.165) is 0 Å². The molecule has 0 radical (unpaired) electrons. The van der Waals surface area contributed by atoms with Gasteiger partial charge in [-0.05, 0) is 25.2 Å². The first-order valence-electron chi connectivity index (χ1n) is 6.56. The topological polar surface area (TPSA) is 95.5 Å². The molecule has 0 aliphatic heterocycles. The Morgan fingerprint density at radius 2 is 1.79 bits per heavy atom. The quantitative estimate of drug-likeness (QED) is 0.583. The van der Waals surface area contributed by atoms with Crippen molar-refractivity contribution < 1.29 is 19.5 Å². The van der Waals surface area contributed by atoms with Crippen LogP contribution in [0.5, 0.6) is 0 Å². The summed E-state index contributed by atoms with van der Waals surface area (Å²) in [6.45, 7) is 3.94. The second-order valence-electron chi connectivity index (χ2n) is 5.54. The van der Waals surface area contributed by atoms with E-state index < -0.39 is 17.3 Å². The van der Waals surface area contributed by atoms with Gasteiger partial charge in [-0.3, -0.25) is 14.4 Å². The summed E-state index contributed by atoms with van der Waals surface area (Å²) in [5.41, 5.74) is -0.963. The van der Waals surface area contributed by atoms with Crippen molar-refractivity contribution >= 4 is 17.8 Å². The largest absolute Gasteiger partial charge is 0.481 e. The summed E-state index contributed by atoms with van der Waals surface area (Å²) < 4.78 is 0. The first kappa shape index (κ1) is 15.5. The standard InChI is InChI=1S/C13H22N2O4/c1-8(2)6-9(10(16)17)7-15-12(19)13(4-5-13)11(18)14-3/h8-9H,4-7H2,1-3H3,(H,14,18)(H,15,19)(H,16,17). The number of carboxylic acid groups (broad SMARTS) is 1. The minimum Gasteiger partial charge on any atom is -0.481 e. The number of rotatable bonds is 7. The van der Waals surface area contributed by atoms with Crippen LogP contribution in [0.15, 0.2) is 0 Å². The van der Waals surface area contributed by atoms with Gasteiger partial charge in [-0.15, -0.1) is 0 Å². The molecule has 3 N–H and O–H groups in total. The highest BCUT2D eigenvalue weighted by molar-refractivity contribution is 6.07. The van der Waals surface area contributed by atoms with E-state index in [1.54, 1.807) is 0 Å². The second kappa shape index (κ2) is 6.04. The van der Waals surface area contributed by atoms with Crippen molar-refractivity contribution in [3.63, 3.8) is 0 Å². The van der Waals surface area contributed by atoms with Crippen molar-refractivity contribution in [1.29, 1.82) is 0 Å². The molecule has 1 unspecified atom stereocenters. The van der Waals surface area contributed by atoms with Crippen LogP contribution in [0, 0.1) is 17.3 Å². The van der Waals surface area contributed by atoms with E-state index in [0.29, 0.717) is 19.3 Å². The molecule has 2 amide bonds. The molecule has 0 aromatic heterocycles. The van der Waals surface area contributed by atoms with Gasteiger partial charge in [0.15, 0.2) is 0 Å². The number of nitrogens with one attached hydrogen (secondary N) is 2. The van der Waals surface area contributed by atoms with Crippen LogP contribution in [-0.2, 0) is 14.4 Å². The Bertz CT molecular complexity index is 375. The highest BCUT2D eigenvalue weighted by Crippen LogP contribution is 2.46. The highest BCUT2D eigenvalue weighted by atomic mass is 16.4. The smallest absolute Gasteiger partial charge is 0.308 e. The Hall–Kier alpha value is -1.59. The van der Waals surface area contributed by atoms with Crippen LogP contribution in [0.3, 0.4) is 0 Å². The van der Waals surface area contributed by atoms with Gasteiger partial charge >= 0.3 is 5.97 Å². The van der Waals surface area contributed by atoms with Gasteiger partial charge in [0, 0.05) is 13.6 Å². The molecule has 0 spiro atoms. The second-order valence-corrected chi connectivity index (χ2v) is 5.54. The number of carbonyl (C=O) groups excluding carboxylic acids is 2. The van der Waals surface area contributed by atoms with Gasteiger partial charge in [0.2, 0.25) is 11.8 Å². The maximum atomic E-state index is 12.0. The molecule has 6 heteroatoms. The number of carbonyl (C=O) groups is 3. The van der Waals surface area contributed by atoms with Gasteiger partial charge in [0.1, 0.15) is 5.41 Å². The highest BCUT2D eigenvalue weighted by Gasteiger charge is 2.56. The van der Waals surface area contributed by atoms with Crippen molar-refractivity contribution in [1.82, 2.24) is 10.6 Å². The number of hydrogen-bond donors (Lipinski definition) is 3. The molecular weight excluding hydrogens is 248 g/mol. The predicted octanol–water partition coefficient (Wildman–Crippen LogP) is 0.376. The molecule has 0 aromatic rings. The summed E-state index contributed by atoms with van der Waals surface area (Å²) in [6, 6.07) is 0. The molecule has 0 heterocycles. The average Bonchev–Trinajstić information content (AvgIpc) is 3.13. The number of carboxylic acids is 1. The van der Waals surface area contributed by atoms with E-state index in [9.17, 15) is 14.4 Å². The van der Waals surface area contributed by atoms with Crippen molar-refractivity contribution in [3.05, 3.63) is 0 Å². The molecule has 0 saturated heterocycles. The Labute approximate surface area is 112 Å². The summed E-state index contributed by atoms with van der Waals surface area (Å²) in [6.07, 6.45) is 1.56. The summed E-state index contributed by atoms with van der Waals surface area (Å²) in [7, 11) is 1.49. The zero-order valence-electron chi connectivity index (χ0n) is 11.7. The Balaban J connectivity index is 2.53. The zero-order valence-corrected chi connectivity index (χ0v) is 11.7. The molecule has 0 aromatic carbocycles. The minimum atomic E-state index is -0.963. The molecule has 108 valence electrons. The first-order valence-corrected chi connectivity index (χ1v) is 6.56. The van der Waals surface area contributed by atoms with Gasteiger partial charge in [-0.25, -0.2) is 0 Å². The van der Waals surface area contributed by atoms with Gasteiger partial charge in [0.05, 0.1) is 5.92 Å². The molecular formula is C13H22N2O4. The van der Waals surface area contributed by atoms with E-state index in [4.69, 9.17) is 5.11 Å². The van der Waals surface area contributed by atoms with Gasteiger partial charge in [0.25, 0.3) is 0 Å². The van der Waals surface area contributed by atoms with Crippen LogP contribution in [0.1, 0.15) is 33.1 Å². The van der Waals surface area contributed by atoms with Crippen LogP contribution in [0.25, 0.3) is 0 Å². The molecule has 1 atom stereocenters. The zero-order chi connectivity index (χ0) is 14.6. The molecule has 1 fully saturated rings. The summed E-state index contributed by atoms with van der Waals surface area (Å²) in [5, 5.41) is 14.2. The fourth-order valence-electron chi connectivity index (χ4n) is 2.15. The van der Waals surface area contributed by atoms with E-state index in [2.05, 4.69) is 10.6 Å². The summed E-state index contributed by atoms with van der Waals surface area (Å²) >= 11 is 0. The lowest BCUT2D eigenvalue weighted by molar-refractivity contribution is -0.142. The molecule has 1 rings (SSSR count). The van der Waals surface area contributed by atoms with E-state index in [1.165, 1.54) is 7.05 Å². The Morgan fingerprint density at radius 3 is 2.16 bits per heavy atom. The lowest BCUT2D eigenvalue weighted by Crippen LogP contribution is -2.44. The number of aliphatic carboxylic acids is 1. The maximum Gasteiger partial charge on any atom is 0.308 e. The minimum absolute atomic E-state index is 0.0745. The fourth-order valence-corrected chi connectivity index (χ4v) is 2.15. The number of amides is 2. The molecule has 1 aliphatic rings. The third kappa shape index (κ3) is 3.68. The van der Waals surface area contributed by atoms with Crippen molar-refractivity contribution in [2.45, 2.75) is 33.1 Å². The Morgan fingerprint density at radius 1 is 1.21 bits per heavy atom. The van der Waals surface area contributed by atoms with Crippen LogP contribution in [0.2, 0.25) is 0 Å². The van der Waals surface area contributed by atoms with E-state index in [1.807, 2.05) is 13.8 Å². The van der Waals surface area contributed by atoms with Gasteiger partial charge in [-0.1, -0.05) is 13.8 Å². The van der Waals surface area contributed by atoms with Crippen LogP contribution < -0.4 is 10.6 Å². The monoisotopic (exact) mass is 270 g/mol. The molecule has 1 saturated carbocycles. The normalized spacial score (nSPS) is 17.7. The van der Waals surface area contributed by atoms with E-state index >= 15 is 0 Å². The first-order chi connectivity index (χ1) is 8.83. The average molecular weight is 270 g/mol. The third-order valence-electron chi connectivity index (χ3n) is 3.46. The molecule has 0 bridgehead atoms. The lowest BCUT2D eigenvalue weighted by atomic mass is 9.96. The van der Waals surface area contributed by atoms with Crippen LogP contribution >= 0.6 is 0 Å². The molecule has 6 nitrogen and oxygen atoms in total. The number of hydrogen-bond acceptors (Lipinski definition) is 3. The van der Waals surface area contributed by atoms with Crippen molar-refractivity contribution in [2.24, 2.45) is 17.3 Å².